The molecule has 1 aromatic rings. The smallest absolute Gasteiger partial charge is 0.305 e. The lowest BCUT2D eigenvalue weighted by Gasteiger charge is -2.02. The maximum atomic E-state index is 11.4. The van der Waals surface area contributed by atoms with Crippen LogP contribution in [0.5, 0.6) is 0 Å². The van der Waals surface area contributed by atoms with Gasteiger partial charge in [-0.1, -0.05) is 16.2 Å². The van der Waals surface area contributed by atoms with Gasteiger partial charge in [-0.3, -0.25) is 9.63 Å². The highest BCUT2D eigenvalue weighted by molar-refractivity contribution is 7.91. The van der Waals surface area contributed by atoms with Crippen LogP contribution >= 0.6 is 11.3 Å². The van der Waals surface area contributed by atoms with E-state index in [9.17, 15) is 13.2 Å². The third-order valence-electron chi connectivity index (χ3n) is 1.34. The van der Waals surface area contributed by atoms with E-state index < -0.39 is 14.9 Å². The largest absolute Gasteiger partial charge is 0.315 e. The summed E-state index contributed by atoms with van der Waals surface area (Å²) >= 11 is 0.630. The van der Waals surface area contributed by atoms with Crippen molar-refractivity contribution in [3.63, 3.8) is 0 Å². The Morgan fingerprint density at radius 1 is 1.57 bits per heavy atom. The molecule has 0 aliphatic rings. The predicted molar refractivity (Wildman–Crippen MR) is 51.6 cm³/mol. The molecule has 0 aliphatic carbocycles. The SMILES string of the molecule is CCONS(=O)(=O)c1sc(=O)[nH]c1C. The van der Waals surface area contributed by atoms with Gasteiger partial charge >= 0.3 is 4.87 Å². The molecule has 0 spiro atoms. The zero-order chi connectivity index (χ0) is 10.8. The van der Waals surface area contributed by atoms with Crippen molar-refractivity contribution in [1.29, 1.82) is 0 Å². The molecule has 0 saturated carbocycles. The molecule has 6 nitrogen and oxygen atoms in total. The summed E-state index contributed by atoms with van der Waals surface area (Å²) in [5, 5.41) is 0. The average Bonchev–Trinajstić information content (AvgIpc) is 2.42. The first-order valence-corrected chi connectivity index (χ1v) is 6.10. The minimum atomic E-state index is -3.72. The Balaban J connectivity index is 3.04. The van der Waals surface area contributed by atoms with E-state index in [2.05, 4.69) is 9.82 Å². The first-order valence-electron chi connectivity index (χ1n) is 3.80. The molecule has 0 bridgehead atoms. The van der Waals surface area contributed by atoms with E-state index in [1.54, 1.807) is 6.92 Å². The highest BCUT2D eigenvalue weighted by atomic mass is 32.2. The van der Waals surface area contributed by atoms with Crippen molar-refractivity contribution in [2.24, 2.45) is 0 Å². The van der Waals surface area contributed by atoms with Crippen LogP contribution in [0.25, 0.3) is 0 Å². The number of nitrogens with one attached hydrogen (secondary N) is 2. The van der Waals surface area contributed by atoms with Crippen LogP contribution in [-0.4, -0.2) is 20.0 Å². The van der Waals surface area contributed by atoms with Gasteiger partial charge in [-0.05, 0) is 13.8 Å². The summed E-state index contributed by atoms with van der Waals surface area (Å²) in [6.07, 6.45) is 0. The van der Waals surface area contributed by atoms with Crippen LogP contribution in [0.2, 0.25) is 0 Å². The van der Waals surface area contributed by atoms with E-state index in [0.29, 0.717) is 17.0 Å². The molecule has 0 radical (unpaired) electrons. The third-order valence-corrected chi connectivity index (χ3v) is 4.16. The lowest BCUT2D eigenvalue weighted by atomic mass is 10.6. The van der Waals surface area contributed by atoms with Crippen molar-refractivity contribution in [3.8, 4) is 0 Å². The van der Waals surface area contributed by atoms with E-state index in [0.717, 1.165) is 0 Å². The second kappa shape index (κ2) is 4.22. The quantitative estimate of drug-likeness (QED) is 0.721. The summed E-state index contributed by atoms with van der Waals surface area (Å²) in [5.74, 6) is 0. The van der Waals surface area contributed by atoms with Crippen LogP contribution in [0.3, 0.4) is 0 Å². The fourth-order valence-corrected chi connectivity index (χ4v) is 2.97. The van der Waals surface area contributed by atoms with Crippen molar-refractivity contribution in [2.75, 3.05) is 6.61 Å². The van der Waals surface area contributed by atoms with Crippen LogP contribution in [0.4, 0.5) is 0 Å². The Labute approximate surface area is 84.9 Å². The molecule has 0 aromatic carbocycles. The number of aromatic nitrogens is 1. The molecule has 1 heterocycles. The number of aryl methyl sites for hydroxylation is 1. The summed E-state index contributed by atoms with van der Waals surface area (Å²) in [6.45, 7) is 3.38. The van der Waals surface area contributed by atoms with E-state index in [1.165, 1.54) is 6.92 Å². The van der Waals surface area contributed by atoms with Crippen molar-refractivity contribution in [1.82, 2.24) is 9.87 Å². The Hall–Kier alpha value is -0.700. The normalized spacial score (nSPS) is 11.9. The number of hydrogen-bond acceptors (Lipinski definition) is 5. The van der Waals surface area contributed by atoms with E-state index in [1.807, 2.05) is 4.89 Å². The van der Waals surface area contributed by atoms with Crippen molar-refractivity contribution >= 4 is 21.4 Å². The van der Waals surface area contributed by atoms with Gasteiger partial charge in [0.25, 0.3) is 10.0 Å². The Morgan fingerprint density at radius 2 is 2.21 bits per heavy atom. The molecule has 8 heteroatoms. The van der Waals surface area contributed by atoms with Crippen LogP contribution in [0, 0.1) is 6.92 Å². The molecular weight excluding hydrogens is 228 g/mol. The van der Waals surface area contributed by atoms with Gasteiger partial charge in [0.15, 0.2) is 4.21 Å². The molecule has 2 N–H and O–H groups in total. The zero-order valence-corrected chi connectivity index (χ0v) is 9.29. The van der Waals surface area contributed by atoms with Crippen LogP contribution in [-0.2, 0) is 14.9 Å². The molecule has 1 aromatic heterocycles. The molecule has 14 heavy (non-hydrogen) atoms. The molecule has 0 amide bonds. The molecule has 0 saturated heterocycles. The topological polar surface area (TPSA) is 88.3 Å². The lowest BCUT2D eigenvalue weighted by molar-refractivity contribution is 0.105. The monoisotopic (exact) mass is 238 g/mol. The van der Waals surface area contributed by atoms with Gasteiger partial charge in [-0.25, -0.2) is 8.42 Å². The number of rotatable bonds is 4. The van der Waals surface area contributed by atoms with Gasteiger partial charge in [0.2, 0.25) is 0 Å². The average molecular weight is 238 g/mol. The number of thiazole rings is 1. The fourth-order valence-electron chi connectivity index (χ4n) is 0.821. The van der Waals surface area contributed by atoms with Crippen LogP contribution in [0.15, 0.2) is 9.00 Å². The Kier molecular flexibility index (Phi) is 3.43. The van der Waals surface area contributed by atoms with Crippen LogP contribution in [0.1, 0.15) is 12.6 Å². The Bertz CT molecular complexity index is 458. The zero-order valence-electron chi connectivity index (χ0n) is 7.66. The van der Waals surface area contributed by atoms with Crippen molar-refractivity contribution < 1.29 is 13.3 Å². The van der Waals surface area contributed by atoms with E-state index in [-0.39, 0.29) is 10.8 Å². The summed E-state index contributed by atoms with van der Waals surface area (Å²) in [4.78, 5) is 19.3. The van der Waals surface area contributed by atoms with Gasteiger partial charge < -0.3 is 4.98 Å². The summed E-state index contributed by atoms with van der Waals surface area (Å²) in [6, 6.07) is 0. The maximum Gasteiger partial charge on any atom is 0.305 e. The van der Waals surface area contributed by atoms with Gasteiger partial charge in [0, 0.05) is 5.69 Å². The van der Waals surface area contributed by atoms with Crippen molar-refractivity contribution in [2.45, 2.75) is 18.1 Å². The van der Waals surface area contributed by atoms with Gasteiger partial charge in [0.1, 0.15) is 0 Å². The number of H-pyrrole nitrogens is 1. The number of hydrogen-bond donors (Lipinski definition) is 2. The van der Waals surface area contributed by atoms with Gasteiger partial charge in [-0.2, -0.15) is 0 Å². The first kappa shape index (κ1) is 11.4. The highest BCUT2D eigenvalue weighted by Crippen LogP contribution is 2.14. The van der Waals surface area contributed by atoms with E-state index >= 15 is 0 Å². The molecule has 80 valence electrons. The van der Waals surface area contributed by atoms with Gasteiger partial charge in [-0.15, -0.1) is 0 Å². The molecule has 1 rings (SSSR count). The van der Waals surface area contributed by atoms with Crippen molar-refractivity contribution in [3.05, 3.63) is 15.4 Å². The second-order valence-corrected chi connectivity index (χ2v) is 5.27. The summed E-state index contributed by atoms with van der Waals surface area (Å²) in [5.41, 5.74) is 0.312. The lowest BCUT2D eigenvalue weighted by Crippen LogP contribution is -2.23. The van der Waals surface area contributed by atoms with Gasteiger partial charge in [0.05, 0.1) is 6.61 Å². The minimum absolute atomic E-state index is 0.0454. The maximum absolute atomic E-state index is 11.4. The molecular formula is C6H10N2O4S2. The molecule has 0 unspecified atom stereocenters. The second-order valence-electron chi connectivity index (χ2n) is 2.45. The molecule has 0 aliphatic heterocycles. The Morgan fingerprint density at radius 3 is 2.64 bits per heavy atom. The molecule has 0 fully saturated rings. The summed E-state index contributed by atoms with van der Waals surface area (Å²) < 4.78 is 22.8. The third kappa shape index (κ3) is 2.41. The standard InChI is InChI=1S/C6H10N2O4S2/c1-3-12-8-14(10,11)5-4(2)7-6(9)13-5/h8H,3H2,1-2H3,(H,7,9). The van der Waals surface area contributed by atoms with E-state index in [4.69, 9.17) is 0 Å². The van der Waals surface area contributed by atoms with Crippen LogP contribution < -0.4 is 9.76 Å². The first-order chi connectivity index (χ1) is 6.47. The number of aromatic amines is 1. The number of sulfonamides is 1. The predicted octanol–water partition coefficient (Wildman–Crippen LogP) is -0.0254. The molecule has 0 atom stereocenters. The minimum Gasteiger partial charge on any atom is -0.315 e. The fraction of sp³-hybridized carbons (Fsp3) is 0.500. The summed E-state index contributed by atoms with van der Waals surface area (Å²) in [7, 11) is -3.72. The highest BCUT2D eigenvalue weighted by Gasteiger charge is 2.20.